The molecule has 1 aromatic carbocycles. The Morgan fingerprint density at radius 3 is 2.48 bits per heavy atom. The van der Waals surface area contributed by atoms with E-state index in [1.807, 2.05) is 30.3 Å². The molecule has 1 aromatic heterocycles. The van der Waals surface area contributed by atoms with E-state index in [-0.39, 0.29) is 0 Å². The zero-order valence-corrected chi connectivity index (χ0v) is 11.6. The summed E-state index contributed by atoms with van der Waals surface area (Å²) in [4.78, 5) is 7.98. The van der Waals surface area contributed by atoms with Crippen LogP contribution >= 0.6 is 0 Å². The lowest BCUT2D eigenvalue weighted by Crippen LogP contribution is -1.99. The van der Waals surface area contributed by atoms with Gasteiger partial charge in [0.05, 0.1) is 6.20 Å². The van der Waals surface area contributed by atoms with Crippen molar-refractivity contribution in [2.45, 2.75) is 0 Å². The van der Waals surface area contributed by atoms with Crippen LogP contribution in [-0.4, -0.2) is 16.6 Å². The van der Waals surface area contributed by atoms with Gasteiger partial charge < -0.3 is 9.47 Å². The van der Waals surface area contributed by atoms with Crippen LogP contribution < -0.4 is 9.47 Å². The number of aromatic nitrogens is 2. The van der Waals surface area contributed by atoms with Crippen LogP contribution in [-0.2, 0) is 0 Å². The first-order valence-electron chi connectivity index (χ1n) is 6.42. The maximum absolute atomic E-state index is 5.65. The van der Waals surface area contributed by atoms with E-state index in [1.54, 1.807) is 30.7 Å². The van der Waals surface area contributed by atoms with Gasteiger partial charge in [-0.05, 0) is 29.8 Å². The van der Waals surface area contributed by atoms with Gasteiger partial charge in [0.2, 0.25) is 5.88 Å². The molecule has 0 spiro atoms. The largest absolute Gasteiger partial charge is 0.489 e. The Kier molecular flexibility index (Phi) is 5.29. The molecule has 0 bridgehead atoms. The number of nitrogens with zero attached hydrogens (tertiary/aromatic N) is 2. The maximum Gasteiger partial charge on any atom is 0.237 e. The average Bonchev–Trinajstić information content (AvgIpc) is 2.54. The van der Waals surface area contributed by atoms with Gasteiger partial charge in [0.15, 0.2) is 0 Å². The predicted octanol–water partition coefficient (Wildman–Crippen LogP) is 3.95. The second-order valence-corrected chi connectivity index (χ2v) is 4.09. The number of benzene rings is 1. The van der Waals surface area contributed by atoms with Crippen LogP contribution in [0.2, 0.25) is 0 Å². The molecule has 21 heavy (non-hydrogen) atoms. The van der Waals surface area contributed by atoms with Crippen LogP contribution in [0.15, 0.2) is 79.8 Å². The highest BCUT2D eigenvalue weighted by atomic mass is 16.5. The van der Waals surface area contributed by atoms with Gasteiger partial charge >= 0.3 is 0 Å². The lowest BCUT2D eigenvalue weighted by atomic mass is 10.2. The van der Waals surface area contributed by atoms with Crippen molar-refractivity contribution in [2.75, 3.05) is 6.61 Å². The Hall–Kier alpha value is -2.88. The zero-order valence-electron chi connectivity index (χ0n) is 11.6. The Bertz CT molecular complexity index is 619. The summed E-state index contributed by atoms with van der Waals surface area (Å²) in [6.07, 6.45) is 10.0. The fourth-order valence-electron chi connectivity index (χ4n) is 1.56. The molecule has 106 valence electrons. The van der Waals surface area contributed by atoms with E-state index in [4.69, 9.17) is 9.47 Å². The Labute approximate surface area is 124 Å². The molecule has 4 nitrogen and oxygen atoms in total. The Morgan fingerprint density at radius 1 is 1.10 bits per heavy atom. The average molecular weight is 280 g/mol. The molecule has 2 rings (SSSR count). The van der Waals surface area contributed by atoms with Crippen LogP contribution in [0.4, 0.5) is 0 Å². The van der Waals surface area contributed by atoms with E-state index in [0.29, 0.717) is 18.2 Å². The Balaban J connectivity index is 1.94. The number of hydrogen-bond acceptors (Lipinski definition) is 4. The first kappa shape index (κ1) is 14.5. The second-order valence-electron chi connectivity index (χ2n) is 4.09. The molecule has 0 aliphatic heterocycles. The van der Waals surface area contributed by atoms with Gasteiger partial charge in [0, 0.05) is 12.4 Å². The molecule has 0 N–H and O–H groups in total. The van der Waals surface area contributed by atoms with Crippen molar-refractivity contribution in [1.29, 1.82) is 0 Å². The van der Waals surface area contributed by atoms with Crippen LogP contribution in [0.3, 0.4) is 0 Å². The quantitative estimate of drug-likeness (QED) is 0.720. The van der Waals surface area contributed by atoms with Crippen molar-refractivity contribution < 1.29 is 9.47 Å². The summed E-state index contributed by atoms with van der Waals surface area (Å²) < 4.78 is 11.2. The molecule has 0 fully saturated rings. The lowest BCUT2D eigenvalue weighted by Gasteiger charge is -2.08. The number of rotatable bonds is 7. The fraction of sp³-hybridized carbons (Fsp3) is 0.0588. The molecular weight excluding hydrogens is 264 g/mol. The third-order valence-corrected chi connectivity index (χ3v) is 2.59. The van der Waals surface area contributed by atoms with E-state index in [9.17, 15) is 0 Å². The summed E-state index contributed by atoms with van der Waals surface area (Å²) in [5.74, 6) is 1.88. The van der Waals surface area contributed by atoms with Crippen LogP contribution in [0.1, 0.15) is 0 Å². The molecule has 0 saturated carbocycles. The smallest absolute Gasteiger partial charge is 0.237 e. The van der Waals surface area contributed by atoms with E-state index in [2.05, 4.69) is 23.1 Å². The van der Waals surface area contributed by atoms with Gasteiger partial charge in [-0.25, -0.2) is 4.98 Å². The minimum atomic E-state index is 0.444. The highest BCUT2D eigenvalue weighted by molar-refractivity contribution is 5.34. The van der Waals surface area contributed by atoms with Crippen molar-refractivity contribution >= 4 is 0 Å². The molecule has 0 unspecified atom stereocenters. The standard InChI is InChI=1S/C17H16N2O2/c1-3-5-14(4-2)13-20-15-6-8-16(9-7-15)21-17-12-18-10-11-19-17/h3-12H,1-2,13H2/b14-5+. The van der Waals surface area contributed by atoms with Gasteiger partial charge in [0.25, 0.3) is 0 Å². The molecule has 1 heterocycles. The van der Waals surface area contributed by atoms with E-state index >= 15 is 0 Å². The van der Waals surface area contributed by atoms with Gasteiger partial charge in [-0.2, -0.15) is 0 Å². The molecule has 2 aromatic rings. The predicted molar refractivity (Wildman–Crippen MR) is 82.5 cm³/mol. The Morgan fingerprint density at radius 2 is 1.86 bits per heavy atom. The minimum absolute atomic E-state index is 0.444. The van der Waals surface area contributed by atoms with Crippen LogP contribution in [0.5, 0.6) is 17.4 Å². The maximum atomic E-state index is 5.65. The summed E-state index contributed by atoms with van der Waals surface area (Å²) in [5, 5.41) is 0. The minimum Gasteiger partial charge on any atom is -0.489 e. The molecule has 0 atom stereocenters. The summed E-state index contributed by atoms with van der Waals surface area (Å²) >= 11 is 0. The molecule has 0 saturated heterocycles. The van der Waals surface area contributed by atoms with Crippen molar-refractivity contribution in [1.82, 2.24) is 9.97 Å². The van der Waals surface area contributed by atoms with Gasteiger partial charge in [-0.1, -0.05) is 31.4 Å². The monoisotopic (exact) mass is 280 g/mol. The SMILES string of the molecule is C=C/C=C(\C=C)COc1ccc(Oc2cnccn2)cc1. The van der Waals surface area contributed by atoms with E-state index < -0.39 is 0 Å². The molecule has 0 aliphatic rings. The molecule has 0 amide bonds. The van der Waals surface area contributed by atoms with Crippen molar-refractivity contribution in [3.8, 4) is 17.4 Å². The summed E-state index contributed by atoms with van der Waals surface area (Å²) in [6.45, 7) is 7.82. The fourth-order valence-corrected chi connectivity index (χ4v) is 1.56. The topological polar surface area (TPSA) is 44.2 Å². The third-order valence-electron chi connectivity index (χ3n) is 2.59. The highest BCUT2D eigenvalue weighted by Gasteiger charge is 2.00. The first-order valence-corrected chi connectivity index (χ1v) is 6.42. The van der Waals surface area contributed by atoms with Gasteiger partial charge in [-0.3, -0.25) is 4.98 Å². The lowest BCUT2D eigenvalue weighted by molar-refractivity contribution is 0.354. The van der Waals surface area contributed by atoms with Crippen molar-refractivity contribution in [2.24, 2.45) is 0 Å². The third kappa shape index (κ3) is 4.62. The van der Waals surface area contributed by atoms with Crippen molar-refractivity contribution in [3.05, 3.63) is 79.8 Å². The normalized spacial score (nSPS) is 10.8. The molecule has 4 heteroatoms. The molecule has 0 radical (unpaired) electrons. The number of hydrogen-bond donors (Lipinski definition) is 0. The summed E-state index contributed by atoms with van der Waals surface area (Å²) in [7, 11) is 0. The number of ether oxygens (including phenoxy) is 2. The van der Waals surface area contributed by atoms with Gasteiger partial charge in [0.1, 0.15) is 18.1 Å². The summed E-state index contributed by atoms with van der Waals surface area (Å²) in [5.41, 5.74) is 0.963. The highest BCUT2D eigenvalue weighted by Crippen LogP contribution is 2.22. The van der Waals surface area contributed by atoms with E-state index in [0.717, 1.165) is 11.3 Å². The second kappa shape index (κ2) is 7.65. The zero-order chi connectivity index (χ0) is 14.9. The first-order chi connectivity index (χ1) is 10.3. The van der Waals surface area contributed by atoms with E-state index in [1.165, 1.54) is 0 Å². The van der Waals surface area contributed by atoms with Gasteiger partial charge in [-0.15, -0.1) is 0 Å². The van der Waals surface area contributed by atoms with Crippen LogP contribution in [0, 0.1) is 0 Å². The van der Waals surface area contributed by atoms with Crippen molar-refractivity contribution in [3.63, 3.8) is 0 Å². The molecular formula is C17H16N2O2. The van der Waals surface area contributed by atoms with Crippen LogP contribution in [0.25, 0.3) is 0 Å². The number of allylic oxidation sites excluding steroid dienone is 2. The summed E-state index contributed by atoms with van der Waals surface area (Å²) in [6, 6.07) is 7.30. The molecule has 0 aliphatic carbocycles.